The average molecular weight is 290 g/mol. The third-order valence-corrected chi connectivity index (χ3v) is 0. The number of hydrogen-bond acceptors (Lipinski definition) is 2. The molecule has 0 bridgehead atoms. The molecule has 0 N–H and O–H groups in total. The van der Waals surface area contributed by atoms with Crippen molar-refractivity contribution < 1.29 is 66.9 Å². The normalized spacial score (nSPS) is 1.20. The monoisotopic (exact) mass is 289 g/mol. The minimum atomic E-state index is 0. The van der Waals surface area contributed by atoms with E-state index in [4.69, 9.17) is 6.62 Å². The minimum absolute atomic E-state index is 0. The van der Waals surface area contributed by atoms with Gasteiger partial charge in [-0.25, -0.2) is 0 Å². The van der Waals surface area contributed by atoms with Gasteiger partial charge in [0.2, 0.25) is 0 Å². The van der Waals surface area contributed by atoms with Gasteiger partial charge in [0.25, 0.3) is 0 Å². The van der Waals surface area contributed by atoms with Crippen molar-refractivity contribution in [1.82, 2.24) is 0 Å². The zero-order valence-electron chi connectivity index (χ0n) is 2.60. The van der Waals surface area contributed by atoms with Crippen molar-refractivity contribution in [2.45, 2.75) is 0 Å². The molecule has 0 amide bonds. The Balaban J connectivity index is -0.0000000133. The van der Waals surface area contributed by atoms with Crippen LogP contribution in [0.15, 0.2) is 0 Å². The summed E-state index contributed by atoms with van der Waals surface area (Å²) in [4.78, 5) is 0. The van der Waals surface area contributed by atoms with E-state index in [0.717, 1.165) is 0 Å². The van der Waals surface area contributed by atoms with Crippen molar-refractivity contribution in [2.75, 3.05) is 0 Å². The van der Waals surface area contributed by atoms with Gasteiger partial charge in [0.15, 0.2) is 0 Å². The fourth-order valence-corrected chi connectivity index (χ4v) is 0. The maximum absolute atomic E-state index is 8.34. The first-order valence-corrected chi connectivity index (χ1v) is 2.07. The Morgan fingerprint density at radius 3 is 1.20 bits per heavy atom. The Hall–Kier alpha value is 2.21. The standard InChI is InChI=1S/Al.La.2O.Zr.H. The summed E-state index contributed by atoms with van der Waals surface area (Å²) in [5.41, 5.74) is 0. The van der Waals surface area contributed by atoms with Gasteiger partial charge in [-0.2, -0.15) is 0 Å². The van der Waals surface area contributed by atoms with Gasteiger partial charge in [0.1, 0.15) is 0 Å². The molecule has 0 fully saturated rings. The summed E-state index contributed by atoms with van der Waals surface area (Å²) in [6.45, 7) is 0. The topological polar surface area (TPSA) is 34.1 Å². The second-order valence-electron chi connectivity index (χ2n) is 0. The maximum atomic E-state index is 8.34. The summed E-state index contributed by atoms with van der Waals surface area (Å²) in [7, 11) is 0. The molecule has 0 aliphatic heterocycles. The van der Waals surface area contributed by atoms with Gasteiger partial charge in [-0.1, -0.05) is 0 Å². The Labute approximate surface area is 81.6 Å². The molecule has 0 spiro atoms. The van der Waals surface area contributed by atoms with Crippen molar-refractivity contribution >= 4 is 16.2 Å². The molecule has 0 heterocycles. The van der Waals surface area contributed by atoms with E-state index in [2.05, 4.69) is 0 Å². The second kappa shape index (κ2) is 34.5. The van der Waals surface area contributed by atoms with Crippen molar-refractivity contribution in [3.8, 4) is 0 Å². The molecule has 0 aromatic heterocycles. The van der Waals surface area contributed by atoms with E-state index in [0.29, 0.717) is 40.9 Å². The molecule has 23 valence electrons. The molecule has 1 radical (unpaired) electrons. The fraction of sp³-hybridized carbons (Fsp3) is 0. The van der Waals surface area contributed by atoms with Crippen LogP contribution in [-0.2, 0) is 31.3 Å². The summed E-state index contributed by atoms with van der Waals surface area (Å²) >= 11 is 0.911. The van der Waals surface area contributed by atoms with Gasteiger partial charge in [0.05, 0.1) is 0 Å². The van der Waals surface area contributed by atoms with Crippen LogP contribution < -0.4 is 0 Å². The zero-order valence-corrected chi connectivity index (χ0v) is 10.1. The molecule has 0 aliphatic rings. The molecule has 0 saturated heterocycles. The number of hydrogen-bond donors (Lipinski definition) is 0. The Kier molecular flexibility index (Phi) is 108. The molecule has 2 nitrogen and oxygen atoms in total. The predicted molar refractivity (Wildman–Crippen MR) is 8.52 cm³/mol. The van der Waals surface area contributed by atoms with E-state index < -0.39 is 0 Å². The Bertz CT molecular complexity index is 11.6. The van der Waals surface area contributed by atoms with Gasteiger partial charge < -0.3 is 0 Å². The van der Waals surface area contributed by atoms with E-state index in [9.17, 15) is 0 Å². The second-order valence-corrected chi connectivity index (χ2v) is 0. The van der Waals surface area contributed by atoms with E-state index >= 15 is 0 Å². The molecule has 0 rings (SSSR count). The van der Waals surface area contributed by atoms with E-state index in [1.54, 1.807) is 0 Å². The molecule has 0 unspecified atom stereocenters. The molecule has 0 saturated carbocycles. The van der Waals surface area contributed by atoms with E-state index in [1.807, 2.05) is 0 Å². The van der Waals surface area contributed by atoms with Crippen molar-refractivity contribution in [2.24, 2.45) is 0 Å². The first kappa shape index (κ1) is 15.7. The molecule has 0 aromatic carbocycles. The molecule has 0 atom stereocenters. The van der Waals surface area contributed by atoms with Crippen LogP contribution in [0.3, 0.4) is 0 Å². The van der Waals surface area contributed by atoms with Crippen LogP contribution in [-0.4, -0.2) is 16.2 Å². The third-order valence-electron chi connectivity index (χ3n) is 0. The van der Waals surface area contributed by atoms with Gasteiger partial charge in [-0.05, 0) is 0 Å². The van der Waals surface area contributed by atoms with Gasteiger partial charge >= 0.3 is 47.6 Å². The first-order chi connectivity index (χ1) is 2.00. The SMILES string of the molecule is [La].[O]=[AlH].[O]=[Zr]. The van der Waals surface area contributed by atoms with Crippen LogP contribution in [0.2, 0.25) is 0 Å². The fourth-order valence-electron chi connectivity index (χ4n) is 0. The Morgan fingerprint density at radius 2 is 1.20 bits per heavy atom. The van der Waals surface area contributed by atoms with Gasteiger partial charge in [-0.15, -0.1) is 0 Å². The van der Waals surface area contributed by atoms with Crippen LogP contribution in [0.25, 0.3) is 0 Å². The van der Waals surface area contributed by atoms with Crippen LogP contribution >= 0.6 is 0 Å². The summed E-state index contributed by atoms with van der Waals surface area (Å²) < 4.78 is 16.6. The predicted octanol–water partition coefficient (Wildman–Crippen LogP) is -0.889. The third kappa shape index (κ3) is 22.5. The molecule has 0 aromatic rings. The van der Waals surface area contributed by atoms with Crippen LogP contribution in [0.4, 0.5) is 0 Å². The van der Waals surface area contributed by atoms with E-state index in [-0.39, 0.29) is 35.6 Å². The van der Waals surface area contributed by atoms with Crippen LogP contribution in [0, 0.1) is 35.6 Å². The molecular formula is HAlLaO2Zr. The molecule has 5 heteroatoms. The average Bonchev–Trinajstić information content (AvgIpc) is 1.50. The molecule has 0 aliphatic carbocycles. The quantitative estimate of drug-likeness (QED) is 0.543. The molecule has 5 heavy (non-hydrogen) atoms. The summed E-state index contributed by atoms with van der Waals surface area (Å²) in [6, 6.07) is 0. The zero-order chi connectivity index (χ0) is 4.00. The van der Waals surface area contributed by atoms with Crippen LogP contribution in [0.1, 0.15) is 0 Å². The van der Waals surface area contributed by atoms with Crippen LogP contribution in [0.5, 0.6) is 0 Å². The van der Waals surface area contributed by atoms with Crippen molar-refractivity contribution in [3.05, 3.63) is 0 Å². The summed E-state index contributed by atoms with van der Waals surface area (Å²) in [6.07, 6.45) is 0. The van der Waals surface area contributed by atoms with E-state index in [1.165, 1.54) is 0 Å². The van der Waals surface area contributed by atoms with Gasteiger partial charge in [0, 0.05) is 35.6 Å². The molecular weight excluding hydrogens is 289 g/mol. The first-order valence-electron chi connectivity index (χ1n) is 0.493. The van der Waals surface area contributed by atoms with Crippen molar-refractivity contribution in [3.63, 3.8) is 0 Å². The Morgan fingerprint density at radius 1 is 1.20 bits per heavy atom. The number of rotatable bonds is 0. The summed E-state index contributed by atoms with van der Waals surface area (Å²) in [5, 5.41) is 0. The van der Waals surface area contributed by atoms with Crippen molar-refractivity contribution in [1.29, 1.82) is 0 Å². The summed E-state index contributed by atoms with van der Waals surface area (Å²) in [5.74, 6) is 0. The van der Waals surface area contributed by atoms with Gasteiger partial charge in [-0.3, -0.25) is 0 Å².